The highest BCUT2D eigenvalue weighted by molar-refractivity contribution is 5.57. The van der Waals surface area contributed by atoms with E-state index in [9.17, 15) is 4.79 Å². The highest BCUT2D eigenvalue weighted by atomic mass is 16.6. The van der Waals surface area contributed by atoms with Crippen LogP contribution in [0.5, 0.6) is 0 Å². The molecule has 0 radical (unpaired) electrons. The molecular formula is C15H20O4. The molecule has 0 bridgehead atoms. The normalized spacial score (nSPS) is 31.1. The number of carbonyl (C=O) groups excluding carboxylic acids is 1. The number of aldehydes is 1. The van der Waals surface area contributed by atoms with Crippen molar-refractivity contribution in [2.75, 3.05) is 13.7 Å². The summed E-state index contributed by atoms with van der Waals surface area (Å²) >= 11 is 0. The van der Waals surface area contributed by atoms with Crippen molar-refractivity contribution >= 4 is 6.29 Å². The average molecular weight is 264 g/mol. The first-order chi connectivity index (χ1) is 9.26. The molecule has 1 heterocycles. The van der Waals surface area contributed by atoms with Gasteiger partial charge in [0, 0.05) is 13.0 Å². The summed E-state index contributed by atoms with van der Waals surface area (Å²) in [5.74, 6) is 0.210. The largest absolute Gasteiger partial charge is 0.378 e. The minimum atomic E-state index is -0.551. The quantitative estimate of drug-likeness (QED) is 0.761. The second-order valence-electron chi connectivity index (χ2n) is 4.87. The van der Waals surface area contributed by atoms with E-state index in [-0.39, 0.29) is 18.1 Å². The molecule has 0 aromatic heterocycles. The van der Waals surface area contributed by atoms with Gasteiger partial charge in [-0.05, 0) is 5.56 Å². The number of ether oxygens (including phenoxy) is 3. The Morgan fingerprint density at radius 1 is 1.32 bits per heavy atom. The number of methoxy groups -OCH3 is 1. The van der Waals surface area contributed by atoms with Crippen LogP contribution in [0.2, 0.25) is 0 Å². The molecule has 4 nitrogen and oxygen atoms in total. The average Bonchev–Trinajstić information content (AvgIpc) is 2.46. The van der Waals surface area contributed by atoms with Gasteiger partial charge >= 0.3 is 0 Å². The molecule has 0 unspecified atom stereocenters. The van der Waals surface area contributed by atoms with Crippen LogP contribution in [0.3, 0.4) is 0 Å². The van der Waals surface area contributed by atoms with E-state index in [1.54, 1.807) is 7.11 Å². The lowest BCUT2D eigenvalue weighted by molar-refractivity contribution is -0.190. The van der Waals surface area contributed by atoms with Crippen molar-refractivity contribution in [3.8, 4) is 0 Å². The number of rotatable bonds is 5. The Labute approximate surface area is 113 Å². The molecule has 104 valence electrons. The summed E-state index contributed by atoms with van der Waals surface area (Å²) in [4.78, 5) is 11.1. The third kappa shape index (κ3) is 3.41. The second kappa shape index (κ2) is 6.80. The van der Waals surface area contributed by atoms with Gasteiger partial charge in [-0.2, -0.15) is 0 Å². The summed E-state index contributed by atoms with van der Waals surface area (Å²) in [7, 11) is 1.65. The van der Waals surface area contributed by atoms with E-state index in [0.717, 1.165) is 11.8 Å². The first kappa shape index (κ1) is 14.2. The molecule has 1 aliphatic heterocycles. The molecule has 1 saturated heterocycles. The zero-order chi connectivity index (χ0) is 13.7. The summed E-state index contributed by atoms with van der Waals surface area (Å²) in [6.45, 7) is 3.01. The molecule has 19 heavy (non-hydrogen) atoms. The summed E-state index contributed by atoms with van der Waals surface area (Å²) in [5, 5.41) is 0. The number of hydrogen-bond acceptors (Lipinski definition) is 4. The predicted molar refractivity (Wildman–Crippen MR) is 70.8 cm³/mol. The minimum Gasteiger partial charge on any atom is -0.378 e. The van der Waals surface area contributed by atoms with Crippen molar-refractivity contribution < 1.29 is 19.0 Å². The molecule has 0 amide bonds. The van der Waals surface area contributed by atoms with Gasteiger partial charge in [0.25, 0.3) is 0 Å². The second-order valence-corrected chi connectivity index (χ2v) is 4.87. The lowest BCUT2D eigenvalue weighted by atomic mass is 9.94. The van der Waals surface area contributed by atoms with Crippen LogP contribution in [-0.2, 0) is 25.6 Å². The zero-order valence-electron chi connectivity index (χ0n) is 11.3. The number of carbonyl (C=O) groups is 1. The Balaban J connectivity index is 2.03. The van der Waals surface area contributed by atoms with Crippen LogP contribution in [0.4, 0.5) is 0 Å². The van der Waals surface area contributed by atoms with Gasteiger partial charge in [-0.1, -0.05) is 37.3 Å². The molecule has 2 rings (SSSR count). The SMILES string of the molecule is CO[C@@H]1[C@@H](OCc2ccccc2)[C@H](C=O)OC[C@@H]1C. The number of hydrogen-bond donors (Lipinski definition) is 0. The van der Waals surface area contributed by atoms with Crippen LogP contribution < -0.4 is 0 Å². The Morgan fingerprint density at radius 3 is 2.68 bits per heavy atom. The Kier molecular flexibility index (Phi) is 5.07. The van der Waals surface area contributed by atoms with Gasteiger partial charge in [-0.15, -0.1) is 0 Å². The lowest BCUT2D eigenvalue weighted by Gasteiger charge is -2.38. The summed E-state index contributed by atoms with van der Waals surface area (Å²) in [6.07, 6.45) is -0.225. The van der Waals surface area contributed by atoms with E-state index < -0.39 is 6.10 Å². The van der Waals surface area contributed by atoms with Gasteiger partial charge in [0.05, 0.1) is 19.3 Å². The third-order valence-corrected chi connectivity index (χ3v) is 3.45. The van der Waals surface area contributed by atoms with Gasteiger partial charge < -0.3 is 19.0 Å². The van der Waals surface area contributed by atoms with E-state index in [4.69, 9.17) is 14.2 Å². The summed E-state index contributed by atoms with van der Waals surface area (Å²) in [6, 6.07) is 9.87. The fraction of sp³-hybridized carbons (Fsp3) is 0.533. The van der Waals surface area contributed by atoms with E-state index in [1.165, 1.54) is 0 Å². The van der Waals surface area contributed by atoms with Crippen molar-refractivity contribution in [1.82, 2.24) is 0 Å². The molecule has 0 aliphatic carbocycles. The minimum absolute atomic E-state index is 0.118. The van der Waals surface area contributed by atoms with Crippen LogP contribution in [0.25, 0.3) is 0 Å². The molecule has 4 heteroatoms. The maximum Gasteiger partial charge on any atom is 0.151 e. The van der Waals surface area contributed by atoms with Gasteiger partial charge in [0.15, 0.2) is 6.29 Å². The molecule has 4 atom stereocenters. The standard InChI is InChI=1S/C15H20O4/c1-11-9-18-13(8-16)15(14(11)17-2)19-10-12-6-4-3-5-7-12/h3-8,11,13-15H,9-10H2,1-2H3/t11-,13-,14-,15-/m0/s1. The molecule has 0 N–H and O–H groups in total. The molecule has 0 saturated carbocycles. The van der Waals surface area contributed by atoms with Crippen LogP contribution in [0.15, 0.2) is 30.3 Å². The predicted octanol–water partition coefficient (Wildman–Crippen LogP) is 1.82. The van der Waals surface area contributed by atoms with Crippen molar-refractivity contribution in [2.24, 2.45) is 5.92 Å². The van der Waals surface area contributed by atoms with E-state index in [1.807, 2.05) is 37.3 Å². The van der Waals surface area contributed by atoms with Crippen LogP contribution in [-0.4, -0.2) is 38.3 Å². The smallest absolute Gasteiger partial charge is 0.151 e. The van der Waals surface area contributed by atoms with Crippen LogP contribution in [0.1, 0.15) is 12.5 Å². The van der Waals surface area contributed by atoms with E-state index in [0.29, 0.717) is 13.2 Å². The summed E-state index contributed by atoms with van der Waals surface area (Å²) < 4.78 is 16.8. The van der Waals surface area contributed by atoms with Crippen molar-refractivity contribution in [3.63, 3.8) is 0 Å². The molecule has 1 aromatic rings. The van der Waals surface area contributed by atoms with Gasteiger partial charge in [-0.25, -0.2) is 0 Å². The monoisotopic (exact) mass is 264 g/mol. The summed E-state index contributed by atoms with van der Waals surface area (Å²) in [5.41, 5.74) is 1.07. The lowest BCUT2D eigenvalue weighted by Crippen LogP contribution is -2.52. The molecular weight excluding hydrogens is 244 g/mol. The topological polar surface area (TPSA) is 44.8 Å². The van der Waals surface area contributed by atoms with Crippen LogP contribution >= 0.6 is 0 Å². The molecule has 0 spiro atoms. The molecule has 1 aliphatic rings. The maximum atomic E-state index is 11.1. The first-order valence-electron chi connectivity index (χ1n) is 6.51. The number of benzene rings is 1. The Morgan fingerprint density at radius 2 is 2.05 bits per heavy atom. The fourth-order valence-corrected chi connectivity index (χ4v) is 2.40. The molecule has 1 fully saturated rings. The Hall–Kier alpha value is -1.23. The zero-order valence-corrected chi connectivity index (χ0v) is 11.3. The van der Waals surface area contributed by atoms with Crippen molar-refractivity contribution in [2.45, 2.75) is 31.8 Å². The van der Waals surface area contributed by atoms with Gasteiger partial charge in [0.1, 0.15) is 12.2 Å². The van der Waals surface area contributed by atoms with Crippen molar-refractivity contribution in [3.05, 3.63) is 35.9 Å². The Bertz CT molecular complexity index is 392. The third-order valence-electron chi connectivity index (χ3n) is 3.45. The highest BCUT2D eigenvalue weighted by Gasteiger charge is 2.39. The van der Waals surface area contributed by atoms with Gasteiger partial charge in [0.2, 0.25) is 0 Å². The first-order valence-corrected chi connectivity index (χ1v) is 6.51. The molecule has 1 aromatic carbocycles. The van der Waals surface area contributed by atoms with E-state index in [2.05, 4.69) is 0 Å². The highest BCUT2D eigenvalue weighted by Crippen LogP contribution is 2.25. The van der Waals surface area contributed by atoms with E-state index >= 15 is 0 Å². The van der Waals surface area contributed by atoms with Crippen LogP contribution in [0, 0.1) is 5.92 Å². The fourth-order valence-electron chi connectivity index (χ4n) is 2.40. The van der Waals surface area contributed by atoms with Crippen molar-refractivity contribution in [1.29, 1.82) is 0 Å². The van der Waals surface area contributed by atoms with Gasteiger partial charge in [-0.3, -0.25) is 0 Å². The maximum absolute atomic E-state index is 11.1.